The van der Waals surface area contributed by atoms with Gasteiger partial charge < -0.3 is 19.9 Å². The molecular weight excluding hydrogens is 226 g/mol. The van der Waals surface area contributed by atoms with Crippen molar-refractivity contribution in [3.63, 3.8) is 0 Å². The average Bonchev–Trinajstić information content (AvgIpc) is 2.11. The third-order valence-electron chi connectivity index (χ3n) is 1.72. The van der Waals surface area contributed by atoms with Gasteiger partial charge >= 0.3 is 12.1 Å². The molecule has 0 aromatic carbocycles. The summed E-state index contributed by atoms with van der Waals surface area (Å²) in [5, 5.41) is 11.1. The fourth-order valence-electron chi connectivity index (χ4n) is 0.996. The Bertz CT molecular complexity index is 272. The van der Waals surface area contributed by atoms with Crippen LogP contribution in [0, 0.1) is 0 Å². The minimum atomic E-state index is -1.03. The van der Waals surface area contributed by atoms with Gasteiger partial charge in [-0.1, -0.05) is 0 Å². The summed E-state index contributed by atoms with van der Waals surface area (Å²) in [4.78, 5) is 21.8. The molecule has 100 valence electrons. The Kier molecular flexibility index (Phi) is 5.95. The third-order valence-corrected chi connectivity index (χ3v) is 1.72. The Labute approximate surface area is 101 Å². The van der Waals surface area contributed by atoms with E-state index in [9.17, 15) is 9.59 Å². The molecule has 6 nitrogen and oxygen atoms in total. The molecule has 2 atom stereocenters. The van der Waals surface area contributed by atoms with E-state index in [0.717, 1.165) is 0 Å². The highest BCUT2D eigenvalue weighted by Crippen LogP contribution is 2.06. The number of carbonyl (C=O) groups excluding carboxylic acids is 1. The highest BCUT2D eigenvalue weighted by atomic mass is 16.6. The first-order valence-electron chi connectivity index (χ1n) is 5.47. The first kappa shape index (κ1) is 15.7. The van der Waals surface area contributed by atoms with Crippen LogP contribution in [0.5, 0.6) is 0 Å². The zero-order valence-corrected chi connectivity index (χ0v) is 10.9. The molecular formula is C11H21NO5. The number of hydrogen-bond acceptors (Lipinski definition) is 4. The summed E-state index contributed by atoms with van der Waals surface area (Å²) in [6.45, 7) is 8.60. The lowest BCUT2D eigenvalue weighted by Gasteiger charge is -2.21. The van der Waals surface area contributed by atoms with E-state index in [0.29, 0.717) is 0 Å². The molecule has 2 unspecified atom stereocenters. The SMILES string of the molecule is CC(CNC(=O)OC(C)(C)C)OC(C)C(=O)O. The van der Waals surface area contributed by atoms with Gasteiger partial charge in [0.15, 0.2) is 6.10 Å². The van der Waals surface area contributed by atoms with E-state index < -0.39 is 29.9 Å². The molecule has 0 aromatic heterocycles. The van der Waals surface area contributed by atoms with Gasteiger partial charge in [0.2, 0.25) is 0 Å². The van der Waals surface area contributed by atoms with E-state index in [1.165, 1.54) is 6.92 Å². The van der Waals surface area contributed by atoms with Gasteiger partial charge in [0.05, 0.1) is 6.10 Å². The smallest absolute Gasteiger partial charge is 0.407 e. The summed E-state index contributed by atoms with van der Waals surface area (Å²) in [6, 6.07) is 0. The van der Waals surface area contributed by atoms with Crippen molar-refractivity contribution in [1.29, 1.82) is 0 Å². The molecule has 0 radical (unpaired) electrons. The van der Waals surface area contributed by atoms with Gasteiger partial charge in [-0.15, -0.1) is 0 Å². The average molecular weight is 247 g/mol. The number of carbonyl (C=O) groups is 2. The van der Waals surface area contributed by atoms with Crippen LogP contribution in [0.4, 0.5) is 4.79 Å². The van der Waals surface area contributed by atoms with Gasteiger partial charge in [0.25, 0.3) is 0 Å². The number of carboxylic acids is 1. The minimum absolute atomic E-state index is 0.201. The lowest BCUT2D eigenvalue weighted by molar-refractivity contribution is -0.152. The topological polar surface area (TPSA) is 84.9 Å². The largest absolute Gasteiger partial charge is 0.479 e. The van der Waals surface area contributed by atoms with Crippen LogP contribution in [0.3, 0.4) is 0 Å². The second-order valence-corrected chi connectivity index (χ2v) is 4.81. The van der Waals surface area contributed by atoms with Crippen LogP contribution in [-0.2, 0) is 14.3 Å². The number of hydrogen-bond donors (Lipinski definition) is 2. The number of rotatable bonds is 5. The Morgan fingerprint density at radius 1 is 1.29 bits per heavy atom. The van der Waals surface area contributed by atoms with E-state index in [4.69, 9.17) is 14.6 Å². The summed E-state index contributed by atoms with van der Waals surface area (Å²) < 4.78 is 10.1. The van der Waals surface area contributed by atoms with Crippen LogP contribution in [-0.4, -0.2) is 41.5 Å². The second kappa shape index (κ2) is 6.44. The van der Waals surface area contributed by atoms with Crippen LogP contribution in [0.2, 0.25) is 0 Å². The van der Waals surface area contributed by atoms with E-state index in [1.807, 2.05) is 0 Å². The van der Waals surface area contributed by atoms with Crippen molar-refractivity contribution in [2.24, 2.45) is 0 Å². The molecule has 17 heavy (non-hydrogen) atoms. The zero-order chi connectivity index (χ0) is 13.6. The molecule has 0 heterocycles. The molecule has 1 amide bonds. The predicted octanol–water partition coefficient (Wildman–Crippen LogP) is 1.39. The predicted molar refractivity (Wildman–Crippen MR) is 61.9 cm³/mol. The molecule has 0 rings (SSSR count). The minimum Gasteiger partial charge on any atom is -0.479 e. The quantitative estimate of drug-likeness (QED) is 0.766. The molecule has 0 spiro atoms. The Balaban J connectivity index is 3.88. The highest BCUT2D eigenvalue weighted by Gasteiger charge is 2.18. The summed E-state index contributed by atoms with van der Waals surface area (Å²) in [5.74, 6) is -1.03. The summed E-state index contributed by atoms with van der Waals surface area (Å²) >= 11 is 0. The summed E-state index contributed by atoms with van der Waals surface area (Å²) in [6.07, 6.45) is -1.84. The Morgan fingerprint density at radius 3 is 2.24 bits per heavy atom. The van der Waals surface area contributed by atoms with Crippen LogP contribution < -0.4 is 5.32 Å². The molecule has 6 heteroatoms. The summed E-state index contributed by atoms with van der Waals surface area (Å²) in [5.41, 5.74) is -0.553. The van der Waals surface area contributed by atoms with E-state index >= 15 is 0 Å². The van der Waals surface area contributed by atoms with Gasteiger partial charge in [-0.3, -0.25) is 0 Å². The normalized spacial score (nSPS) is 14.9. The molecule has 0 aliphatic heterocycles. The van der Waals surface area contributed by atoms with Gasteiger partial charge in [-0.2, -0.15) is 0 Å². The Morgan fingerprint density at radius 2 is 1.82 bits per heavy atom. The summed E-state index contributed by atoms with van der Waals surface area (Å²) in [7, 11) is 0. The van der Waals surface area contributed by atoms with E-state index in [1.54, 1.807) is 27.7 Å². The van der Waals surface area contributed by atoms with Crippen molar-refractivity contribution in [3.8, 4) is 0 Å². The number of nitrogens with one attached hydrogen (secondary N) is 1. The molecule has 0 saturated carbocycles. The molecule has 0 bridgehead atoms. The molecule has 0 saturated heterocycles. The molecule has 0 aromatic rings. The first-order valence-corrected chi connectivity index (χ1v) is 5.47. The van der Waals surface area contributed by atoms with Crippen molar-refractivity contribution in [2.75, 3.05) is 6.54 Å². The lowest BCUT2D eigenvalue weighted by Crippen LogP contribution is -2.38. The monoisotopic (exact) mass is 247 g/mol. The maximum absolute atomic E-state index is 11.3. The second-order valence-electron chi connectivity index (χ2n) is 4.81. The molecule has 0 aliphatic rings. The number of alkyl carbamates (subject to hydrolysis) is 1. The fraction of sp³-hybridized carbons (Fsp3) is 0.818. The van der Waals surface area contributed by atoms with Gasteiger partial charge in [-0.05, 0) is 34.6 Å². The van der Waals surface area contributed by atoms with Crippen LogP contribution >= 0.6 is 0 Å². The Hall–Kier alpha value is -1.30. The van der Waals surface area contributed by atoms with Crippen molar-refractivity contribution < 1.29 is 24.2 Å². The lowest BCUT2D eigenvalue weighted by atomic mass is 10.2. The maximum Gasteiger partial charge on any atom is 0.407 e. The van der Waals surface area contributed by atoms with Crippen LogP contribution in [0.25, 0.3) is 0 Å². The van der Waals surface area contributed by atoms with E-state index in [2.05, 4.69) is 5.32 Å². The van der Waals surface area contributed by atoms with Crippen molar-refractivity contribution in [3.05, 3.63) is 0 Å². The van der Waals surface area contributed by atoms with Crippen molar-refractivity contribution in [1.82, 2.24) is 5.32 Å². The first-order chi connectivity index (χ1) is 7.61. The van der Waals surface area contributed by atoms with Gasteiger partial charge in [0, 0.05) is 6.54 Å². The fourth-order valence-corrected chi connectivity index (χ4v) is 0.996. The number of carboxylic acid groups (broad SMARTS) is 1. The zero-order valence-electron chi connectivity index (χ0n) is 10.9. The third kappa shape index (κ3) is 8.50. The number of amides is 1. The number of ether oxygens (including phenoxy) is 2. The van der Waals surface area contributed by atoms with Crippen LogP contribution in [0.15, 0.2) is 0 Å². The van der Waals surface area contributed by atoms with Crippen LogP contribution in [0.1, 0.15) is 34.6 Å². The van der Waals surface area contributed by atoms with Gasteiger partial charge in [-0.25, -0.2) is 9.59 Å². The molecule has 2 N–H and O–H groups in total. The van der Waals surface area contributed by atoms with E-state index in [-0.39, 0.29) is 6.54 Å². The van der Waals surface area contributed by atoms with Crippen molar-refractivity contribution in [2.45, 2.75) is 52.4 Å². The molecule has 0 fully saturated rings. The maximum atomic E-state index is 11.3. The standard InChI is InChI=1S/C11H21NO5/c1-7(16-8(2)9(13)14)6-12-10(15)17-11(3,4)5/h7-8H,6H2,1-5H3,(H,12,15)(H,13,14). The number of aliphatic carboxylic acids is 1. The van der Waals surface area contributed by atoms with Gasteiger partial charge in [0.1, 0.15) is 5.60 Å². The molecule has 0 aliphatic carbocycles. The highest BCUT2D eigenvalue weighted by molar-refractivity contribution is 5.71. The van der Waals surface area contributed by atoms with Crippen molar-refractivity contribution >= 4 is 12.1 Å².